The normalized spacial score (nSPS) is 17.8. The van der Waals surface area contributed by atoms with Crippen LogP contribution in [0.4, 0.5) is 18.9 Å². The highest BCUT2D eigenvalue weighted by atomic mass is 32.2. The average Bonchev–Trinajstić information content (AvgIpc) is 3.11. The number of anilines is 1. The molecule has 2 aromatic rings. The first-order valence-electron chi connectivity index (χ1n) is 13.0. The summed E-state index contributed by atoms with van der Waals surface area (Å²) in [5.41, 5.74) is -2.02. The zero-order chi connectivity index (χ0) is 31.3. The van der Waals surface area contributed by atoms with E-state index in [4.69, 9.17) is 22.7 Å². The molecule has 2 saturated heterocycles. The Kier molecular flexibility index (Phi) is 10.3. The molecule has 0 N–H and O–H groups in total. The predicted molar refractivity (Wildman–Crippen MR) is 156 cm³/mol. The zero-order valence-electron chi connectivity index (χ0n) is 23.4. The summed E-state index contributed by atoms with van der Waals surface area (Å²) in [6.07, 6.45) is -2.93. The molecule has 42 heavy (non-hydrogen) atoms. The highest BCUT2D eigenvalue weighted by Gasteiger charge is 2.49. The Morgan fingerprint density at radius 1 is 0.976 bits per heavy atom. The van der Waals surface area contributed by atoms with Crippen molar-refractivity contribution in [2.75, 3.05) is 50.4 Å². The lowest BCUT2D eigenvalue weighted by molar-refractivity contribution is -0.137. The van der Waals surface area contributed by atoms with Gasteiger partial charge in [0.25, 0.3) is 5.91 Å². The molecule has 1 amide bonds. The Hall–Kier alpha value is -3.56. The van der Waals surface area contributed by atoms with E-state index < -0.39 is 38.8 Å². The van der Waals surface area contributed by atoms with Crippen molar-refractivity contribution in [3.05, 3.63) is 65.2 Å². The molecule has 9 nitrogen and oxygen atoms in total. The summed E-state index contributed by atoms with van der Waals surface area (Å²) in [5.74, 6) is -0.447. The van der Waals surface area contributed by atoms with Crippen molar-refractivity contribution in [2.24, 2.45) is 0 Å². The molecule has 2 aliphatic rings. The number of sulfonamides is 1. The Labute approximate surface area is 249 Å². The first-order valence-corrected chi connectivity index (χ1v) is 15.3. The van der Waals surface area contributed by atoms with E-state index in [1.165, 1.54) is 22.7 Å². The van der Waals surface area contributed by atoms with Crippen molar-refractivity contribution in [3.63, 3.8) is 0 Å². The second kappa shape index (κ2) is 13.2. The van der Waals surface area contributed by atoms with Crippen LogP contribution in [0.5, 0.6) is 0 Å². The fourth-order valence-electron chi connectivity index (χ4n) is 4.69. The summed E-state index contributed by atoms with van der Waals surface area (Å²) in [5, 5.41) is 17.4. The Balaban J connectivity index is 0.000000521. The smallest absolute Gasteiger partial charge is 0.334 e. The number of amides is 1. The number of carbonyl (C=O) groups is 1. The van der Waals surface area contributed by atoms with Gasteiger partial charge in [-0.2, -0.15) is 28.0 Å². The second-order valence-corrected chi connectivity index (χ2v) is 12.7. The van der Waals surface area contributed by atoms with Gasteiger partial charge in [-0.3, -0.25) is 9.69 Å². The standard InChI is InChI=1S/C21H26F3N5O3S2.C7H5N/c1-20(2)18(30)29(16-6-5-15(14-25)17(13-16)21(22,23)24)19(33)28(20)8-4-7-26-9-11-27(12-10-26)34(3,31)32;8-6-7-4-2-1-3-5-7/h5-6,13H,4,7-12H2,1-3H3;1-5H. The quantitative estimate of drug-likeness (QED) is 0.449. The number of rotatable bonds is 6. The van der Waals surface area contributed by atoms with Gasteiger partial charge in [0.15, 0.2) is 5.11 Å². The molecule has 2 aliphatic heterocycles. The highest BCUT2D eigenvalue weighted by molar-refractivity contribution is 7.88. The second-order valence-electron chi connectivity index (χ2n) is 10.3. The van der Waals surface area contributed by atoms with Crippen LogP contribution in [-0.4, -0.2) is 84.6 Å². The number of halogens is 3. The molecule has 0 atom stereocenters. The van der Waals surface area contributed by atoms with Crippen LogP contribution in [0.3, 0.4) is 0 Å². The number of piperazine rings is 1. The average molecular weight is 621 g/mol. The van der Waals surface area contributed by atoms with E-state index in [1.807, 2.05) is 24.3 Å². The number of hydrogen-bond donors (Lipinski definition) is 0. The lowest BCUT2D eigenvalue weighted by Crippen LogP contribution is -2.49. The van der Waals surface area contributed by atoms with Gasteiger partial charge in [-0.1, -0.05) is 18.2 Å². The third-order valence-electron chi connectivity index (χ3n) is 7.07. The zero-order valence-corrected chi connectivity index (χ0v) is 25.1. The van der Waals surface area contributed by atoms with Gasteiger partial charge < -0.3 is 9.80 Å². The lowest BCUT2D eigenvalue weighted by Gasteiger charge is -2.34. The van der Waals surface area contributed by atoms with E-state index in [0.717, 1.165) is 17.0 Å². The molecular weight excluding hydrogens is 589 g/mol. The molecule has 0 spiro atoms. The summed E-state index contributed by atoms with van der Waals surface area (Å²) in [6, 6.07) is 15.8. The Morgan fingerprint density at radius 2 is 1.60 bits per heavy atom. The summed E-state index contributed by atoms with van der Waals surface area (Å²) < 4.78 is 65.0. The van der Waals surface area contributed by atoms with Crippen molar-refractivity contribution in [1.82, 2.24) is 14.1 Å². The van der Waals surface area contributed by atoms with E-state index in [9.17, 15) is 26.4 Å². The lowest BCUT2D eigenvalue weighted by atomic mass is 10.0. The van der Waals surface area contributed by atoms with Crippen LogP contribution >= 0.6 is 12.2 Å². The number of thiocarbonyl (C=S) groups is 1. The number of nitrogens with zero attached hydrogens (tertiary/aromatic N) is 6. The summed E-state index contributed by atoms with van der Waals surface area (Å²) in [6.45, 7) is 6.42. The summed E-state index contributed by atoms with van der Waals surface area (Å²) in [7, 11) is -3.21. The fourth-order valence-corrected chi connectivity index (χ4v) is 6.03. The molecule has 0 bridgehead atoms. The fraction of sp³-hybridized carbons (Fsp3) is 0.429. The SMILES string of the molecule is CC1(C)C(=O)N(c2ccc(C#N)c(C(F)(F)F)c2)C(=S)N1CCCN1CCN(S(C)(=O)=O)CC1.N#Cc1ccccc1. The van der Waals surface area contributed by atoms with Gasteiger partial charge in [0.05, 0.1) is 40.8 Å². The molecule has 224 valence electrons. The monoisotopic (exact) mass is 620 g/mol. The van der Waals surface area contributed by atoms with Crippen LogP contribution in [0.1, 0.15) is 37.0 Å². The number of alkyl halides is 3. The minimum Gasteiger partial charge on any atom is -0.334 e. The van der Waals surface area contributed by atoms with Gasteiger partial charge in [0, 0.05) is 32.7 Å². The molecule has 0 saturated carbocycles. The molecule has 0 radical (unpaired) electrons. The molecule has 0 aliphatic carbocycles. The van der Waals surface area contributed by atoms with Crippen LogP contribution < -0.4 is 4.90 Å². The Morgan fingerprint density at radius 3 is 2.10 bits per heavy atom. The van der Waals surface area contributed by atoms with E-state index in [-0.39, 0.29) is 10.8 Å². The largest absolute Gasteiger partial charge is 0.417 e. The maximum absolute atomic E-state index is 13.4. The number of carbonyl (C=O) groups excluding carboxylic acids is 1. The number of hydrogen-bond acceptors (Lipinski definition) is 7. The minimum absolute atomic E-state index is 0.0335. The van der Waals surface area contributed by atoms with Gasteiger partial charge >= 0.3 is 6.18 Å². The maximum Gasteiger partial charge on any atom is 0.417 e. The van der Waals surface area contributed by atoms with E-state index in [2.05, 4.69) is 4.90 Å². The van der Waals surface area contributed by atoms with Gasteiger partial charge in [-0.05, 0) is 69.4 Å². The maximum atomic E-state index is 13.4. The van der Waals surface area contributed by atoms with Gasteiger partial charge in [-0.15, -0.1) is 0 Å². The molecule has 14 heteroatoms. The van der Waals surface area contributed by atoms with Crippen molar-refractivity contribution >= 4 is 38.9 Å². The van der Waals surface area contributed by atoms with Crippen LogP contribution in [0.25, 0.3) is 0 Å². The molecule has 0 unspecified atom stereocenters. The molecule has 2 aromatic carbocycles. The molecule has 0 aromatic heterocycles. The van der Waals surface area contributed by atoms with Crippen LogP contribution in [0, 0.1) is 22.7 Å². The van der Waals surface area contributed by atoms with Crippen molar-refractivity contribution in [2.45, 2.75) is 32.0 Å². The van der Waals surface area contributed by atoms with Crippen LogP contribution in [0.2, 0.25) is 0 Å². The van der Waals surface area contributed by atoms with Gasteiger partial charge in [-0.25, -0.2) is 8.42 Å². The molecule has 2 fully saturated rings. The third-order valence-corrected chi connectivity index (χ3v) is 8.78. The van der Waals surface area contributed by atoms with Crippen molar-refractivity contribution in [3.8, 4) is 12.1 Å². The molecular formula is C28H31F3N6O3S2. The first-order chi connectivity index (χ1) is 19.6. The summed E-state index contributed by atoms with van der Waals surface area (Å²) >= 11 is 5.49. The summed E-state index contributed by atoms with van der Waals surface area (Å²) in [4.78, 5) is 18.1. The predicted octanol–water partition coefficient (Wildman–Crippen LogP) is 3.81. The molecule has 4 rings (SSSR count). The van der Waals surface area contributed by atoms with Crippen molar-refractivity contribution < 1.29 is 26.4 Å². The topological polar surface area (TPSA) is 112 Å². The number of benzene rings is 2. The number of nitriles is 2. The van der Waals surface area contributed by atoms with E-state index >= 15 is 0 Å². The highest BCUT2D eigenvalue weighted by Crippen LogP contribution is 2.37. The molecule has 2 heterocycles. The van der Waals surface area contributed by atoms with Crippen molar-refractivity contribution in [1.29, 1.82) is 10.5 Å². The van der Waals surface area contributed by atoms with E-state index in [0.29, 0.717) is 51.3 Å². The Bertz CT molecular complexity index is 1490. The third kappa shape index (κ3) is 7.63. The van der Waals surface area contributed by atoms with Gasteiger partial charge in [0.1, 0.15) is 5.54 Å². The van der Waals surface area contributed by atoms with Crippen LogP contribution in [0.15, 0.2) is 48.5 Å². The van der Waals surface area contributed by atoms with Crippen LogP contribution in [-0.2, 0) is 21.0 Å². The first kappa shape index (κ1) is 32.9. The minimum atomic E-state index is -4.75. The van der Waals surface area contributed by atoms with Gasteiger partial charge in [0.2, 0.25) is 10.0 Å². The van der Waals surface area contributed by atoms with E-state index in [1.54, 1.807) is 30.9 Å².